The lowest BCUT2D eigenvalue weighted by atomic mass is 10.2. The maximum absolute atomic E-state index is 12.0. The summed E-state index contributed by atoms with van der Waals surface area (Å²) in [4.78, 5) is 24.4. The minimum atomic E-state index is -1.02. The molecule has 0 unspecified atom stereocenters. The molecule has 0 saturated carbocycles. The van der Waals surface area contributed by atoms with E-state index in [1.165, 1.54) is 12.1 Å². The van der Waals surface area contributed by atoms with Gasteiger partial charge in [-0.2, -0.15) is 0 Å². The molecule has 1 aromatic rings. The molecular weight excluding hydrogens is 244 g/mol. The number of nitrogens with zero attached hydrogens (tertiary/aromatic N) is 1. The Morgan fingerprint density at radius 3 is 2.79 bits per heavy atom. The van der Waals surface area contributed by atoms with Gasteiger partial charge in [-0.05, 0) is 24.6 Å². The molecule has 1 aromatic carbocycles. The van der Waals surface area contributed by atoms with Crippen LogP contribution in [-0.2, 0) is 0 Å². The number of urea groups is 1. The third-order valence-electron chi connectivity index (χ3n) is 2.49. The number of hydrogen-bond donors (Lipinski definition) is 2. The number of hydrogen-bond acceptors (Lipinski definition) is 2. The highest BCUT2D eigenvalue weighted by atomic mass is 16.4. The average Bonchev–Trinajstić information content (AvgIpc) is 2.38. The number of benzene rings is 1. The normalized spacial score (nSPS) is 9.74. The zero-order valence-corrected chi connectivity index (χ0v) is 10.9. The second kappa shape index (κ2) is 7.20. The summed E-state index contributed by atoms with van der Waals surface area (Å²) in [5.74, 6) is -1.02. The quantitative estimate of drug-likeness (QED) is 0.774. The maximum Gasteiger partial charge on any atom is 0.335 e. The summed E-state index contributed by atoms with van der Waals surface area (Å²) >= 11 is 0. The molecular formula is C14H18N2O3. The molecule has 0 saturated heterocycles. The van der Waals surface area contributed by atoms with Crippen molar-refractivity contribution in [2.45, 2.75) is 13.3 Å². The van der Waals surface area contributed by atoms with Crippen LogP contribution in [-0.4, -0.2) is 35.1 Å². The number of rotatable bonds is 6. The van der Waals surface area contributed by atoms with Gasteiger partial charge >= 0.3 is 12.0 Å². The highest BCUT2D eigenvalue weighted by Gasteiger charge is 2.12. The van der Waals surface area contributed by atoms with E-state index in [1.807, 2.05) is 6.92 Å². The van der Waals surface area contributed by atoms with E-state index in [-0.39, 0.29) is 11.6 Å². The number of anilines is 1. The molecule has 5 heteroatoms. The Bertz CT molecular complexity index is 472. The minimum Gasteiger partial charge on any atom is -0.478 e. The second-order valence-corrected chi connectivity index (χ2v) is 4.05. The lowest BCUT2D eigenvalue weighted by Gasteiger charge is -2.20. The van der Waals surface area contributed by atoms with Crippen LogP contribution in [0.3, 0.4) is 0 Å². The van der Waals surface area contributed by atoms with Gasteiger partial charge in [0.15, 0.2) is 0 Å². The first-order valence-electron chi connectivity index (χ1n) is 6.08. The SMILES string of the molecule is C=CCN(CCC)C(=O)Nc1cccc(C(=O)O)c1. The van der Waals surface area contributed by atoms with Gasteiger partial charge in [0.1, 0.15) is 0 Å². The zero-order chi connectivity index (χ0) is 14.3. The maximum atomic E-state index is 12.0. The van der Waals surface area contributed by atoms with Gasteiger partial charge < -0.3 is 15.3 Å². The molecule has 2 N–H and O–H groups in total. The van der Waals surface area contributed by atoms with Crippen molar-refractivity contribution in [2.75, 3.05) is 18.4 Å². The van der Waals surface area contributed by atoms with Gasteiger partial charge in [0, 0.05) is 18.8 Å². The molecule has 0 atom stereocenters. The third-order valence-corrected chi connectivity index (χ3v) is 2.49. The van der Waals surface area contributed by atoms with Crippen molar-refractivity contribution in [1.29, 1.82) is 0 Å². The van der Waals surface area contributed by atoms with Crippen LogP contribution in [0.2, 0.25) is 0 Å². The highest BCUT2D eigenvalue weighted by Crippen LogP contribution is 2.11. The fourth-order valence-electron chi connectivity index (χ4n) is 1.63. The zero-order valence-electron chi connectivity index (χ0n) is 10.9. The largest absolute Gasteiger partial charge is 0.478 e. The Morgan fingerprint density at radius 2 is 2.21 bits per heavy atom. The fourth-order valence-corrected chi connectivity index (χ4v) is 1.63. The number of carbonyl (C=O) groups excluding carboxylic acids is 1. The molecule has 0 heterocycles. The van der Waals surface area contributed by atoms with Crippen molar-refractivity contribution in [3.05, 3.63) is 42.5 Å². The van der Waals surface area contributed by atoms with Gasteiger partial charge in [-0.25, -0.2) is 9.59 Å². The number of nitrogens with one attached hydrogen (secondary N) is 1. The lowest BCUT2D eigenvalue weighted by molar-refractivity contribution is 0.0697. The molecule has 0 aliphatic heterocycles. The molecule has 0 bridgehead atoms. The Kier molecular flexibility index (Phi) is 5.60. The van der Waals surface area contributed by atoms with E-state index in [0.29, 0.717) is 18.8 Å². The standard InChI is InChI=1S/C14H18N2O3/c1-3-8-16(9-4-2)14(19)15-12-7-5-6-11(10-12)13(17)18/h3,5-7,10H,1,4,8-9H2,2H3,(H,15,19)(H,17,18). The first kappa shape index (κ1) is 14.8. The number of amides is 2. The molecule has 102 valence electrons. The summed E-state index contributed by atoms with van der Waals surface area (Å²) in [5.41, 5.74) is 0.610. The topological polar surface area (TPSA) is 69.6 Å². The van der Waals surface area contributed by atoms with Crippen LogP contribution in [0.25, 0.3) is 0 Å². The predicted octanol–water partition coefficient (Wildman–Crippen LogP) is 2.81. The molecule has 0 radical (unpaired) electrons. The Balaban J connectivity index is 2.77. The molecule has 2 amide bonds. The van der Waals surface area contributed by atoms with Gasteiger partial charge in [-0.3, -0.25) is 0 Å². The van der Waals surface area contributed by atoms with Crippen molar-refractivity contribution in [3.63, 3.8) is 0 Å². The van der Waals surface area contributed by atoms with Crippen LogP contribution in [0.4, 0.5) is 10.5 Å². The van der Waals surface area contributed by atoms with Crippen molar-refractivity contribution >= 4 is 17.7 Å². The summed E-state index contributed by atoms with van der Waals surface area (Å²) in [7, 11) is 0. The fraction of sp³-hybridized carbons (Fsp3) is 0.286. The summed E-state index contributed by atoms with van der Waals surface area (Å²) in [6.45, 7) is 6.67. The van der Waals surface area contributed by atoms with Crippen LogP contribution < -0.4 is 5.32 Å². The molecule has 19 heavy (non-hydrogen) atoms. The van der Waals surface area contributed by atoms with E-state index >= 15 is 0 Å². The number of carboxylic acid groups (broad SMARTS) is 1. The summed E-state index contributed by atoms with van der Waals surface area (Å²) in [5, 5.41) is 11.6. The minimum absolute atomic E-state index is 0.142. The molecule has 0 spiro atoms. The van der Waals surface area contributed by atoms with Crippen molar-refractivity contribution in [1.82, 2.24) is 4.90 Å². The first-order valence-corrected chi connectivity index (χ1v) is 6.08. The van der Waals surface area contributed by atoms with Gasteiger partial charge in [0.05, 0.1) is 5.56 Å². The molecule has 5 nitrogen and oxygen atoms in total. The van der Waals surface area contributed by atoms with Gasteiger partial charge in [0.2, 0.25) is 0 Å². The molecule has 1 rings (SSSR count). The predicted molar refractivity (Wildman–Crippen MR) is 74.5 cm³/mol. The monoisotopic (exact) mass is 262 g/mol. The highest BCUT2D eigenvalue weighted by molar-refractivity contribution is 5.93. The summed E-state index contributed by atoms with van der Waals surface area (Å²) < 4.78 is 0. The molecule has 0 aliphatic carbocycles. The number of carboxylic acids is 1. The summed E-state index contributed by atoms with van der Waals surface area (Å²) in [6, 6.07) is 5.90. The van der Waals surface area contributed by atoms with E-state index in [2.05, 4.69) is 11.9 Å². The lowest BCUT2D eigenvalue weighted by Crippen LogP contribution is -2.35. The van der Waals surface area contributed by atoms with Gasteiger partial charge in [-0.15, -0.1) is 6.58 Å². The molecule has 0 aromatic heterocycles. The number of carbonyl (C=O) groups is 2. The Labute approximate surface area is 112 Å². The summed E-state index contributed by atoms with van der Waals surface area (Å²) in [6.07, 6.45) is 2.50. The average molecular weight is 262 g/mol. The van der Waals surface area contributed by atoms with Crippen molar-refractivity contribution in [2.24, 2.45) is 0 Å². The van der Waals surface area contributed by atoms with E-state index < -0.39 is 5.97 Å². The van der Waals surface area contributed by atoms with E-state index in [9.17, 15) is 9.59 Å². The Morgan fingerprint density at radius 1 is 1.47 bits per heavy atom. The van der Waals surface area contributed by atoms with Crippen LogP contribution >= 0.6 is 0 Å². The number of aromatic carboxylic acids is 1. The van der Waals surface area contributed by atoms with E-state index in [0.717, 1.165) is 6.42 Å². The van der Waals surface area contributed by atoms with Crippen LogP contribution in [0, 0.1) is 0 Å². The van der Waals surface area contributed by atoms with Crippen LogP contribution in [0.15, 0.2) is 36.9 Å². The van der Waals surface area contributed by atoms with E-state index in [4.69, 9.17) is 5.11 Å². The second-order valence-electron chi connectivity index (χ2n) is 4.05. The van der Waals surface area contributed by atoms with Crippen molar-refractivity contribution < 1.29 is 14.7 Å². The molecule has 0 fully saturated rings. The Hall–Kier alpha value is -2.30. The van der Waals surface area contributed by atoms with Gasteiger partial charge in [-0.1, -0.05) is 19.1 Å². The smallest absolute Gasteiger partial charge is 0.335 e. The van der Waals surface area contributed by atoms with Gasteiger partial charge in [0.25, 0.3) is 0 Å². The third kappa shape index (κ3) is 4.46. The van der Waals surface area contributed by atoms with Crippen molar-refractivity contribution in [3.8, 4) is 0 Å². The first-order chi connectivity index (χ1) is 9.08. The van der Waals surface area contributed by atoms with E-state index in [1.54, 1.807) is 23.1 Å². The van der Waals surface area contributed by atoms with Crippen LogP contribution in [0.5, 0.6) is 0 Å². The van der Waals surface area contributed by atoms with Crippen LogP contribution in [0.1, 0.15) is 23.7 Å². The molecule has 0 aliphatic rings.